The smallest absolute Gasteiger partial charge is 0.303 e. The lowest BCUT2D eigenvalue weighted by Gasteiger charge is -2.14. The number of rotatable bonds is 8. The van der Waals surface area contributed by atoms with E-state index in [9.17, 15) is 14.7 Å². The highest BCUT2D eigenvalue weighted by molar-refractivity contribution is 5.66. The summed E-state index contributed by atoms with van der Waals surface area (Å²) in [6.07, 6.45) is 8.01. The van der Waals surface area contributed by atoms with Crippen molar-refractivity contribution in [2.45, 2.75) is 52.6 Å². The number of carbonyl (C=O) groups is 1. The van der Waals surface area contributed by atoms with Gasteiger partial charge in [-0.05, 0) is 39.7 Å². The zero-order valence-electron chi connectivity index (χ0n) is 17.6. The third kappa shape index (κ3) is 5.08. The van der Waals surface area contributed by atoms with Crippen LogP contribution >= 0.6 is 0 Å². The van der Waals surface area contributed by atoms with E-state index in [4.69, 9.17) is 9.63 Å². The van der Waals surface area contributed by atoms with Gasteiger partial charge in [0, 0.05) is 24.1 Å². The van der Waals surface area contributed by atoms with Gasteiger partial charge in [0.1, 0.15) is 17.6 Å². The molecule has 0 spiro atoms. The summed E-state index contributed by atoms with van der Waals surface area (Å²) in [5.74, 6) is -0.167. The molecule has 10 heteroatoms. The molecule has 31 heavy (non-hydrogen) atoms. The lowest BCUT2D eigenvalue weighted by atomic mass is 10.00. The van der Waals surface area contributed by atoms with Gasteiger partial charge in [-0.2, -0.15) is 5.11 Å². The van der Waals surface area contributed by atoms with E-state index in [1.54, 1.807) is 19.1 Å². The zero-order chi connectivity index (χ0) is 22.5. The van der Waals surface area contributed by atoms with Crippen molar-refractivity contribution in [3.05, 3.63) is 62.6 Å². The largest absolute Gasteiger partial charge is 0.509 e. The molecule has 2 aromatic heterocycles. The molecule has 1 atom stereocenters. The molecule has 0 fully saturated rings. The Kier molecular flexibility index (Phi) is 6.68. The van der Waals surface area contributed by atoms with Gasteiger partial charge in [-0.15, -0.1) is 5.11 Å². The third-order valence-electron chi connectivity index (χ3n) is 4.96. The van der Waals surface area contributed by atoms with Gasteiger partial charge in [-0.1, -0.05) is 23.4 Å². The quantitative estimate of drug-likeness (QED) is 0.545. The molecule has 164 valence electrons. The van der Waals surface area contributed by atoms with E-state index in [2.05, 4.69) is 20.5 Å². The van der Waals surface area contributed by atoms with E-state index in [0.717, 1.165) is 11.3 Å². The fourth-order valence-electron chi connectivity index (χ4n) is 3.24. The Hall–Kier alpha value is -3.69. The summed E-state index contributed by atoms with van der Waals surface area (Å²) in [7, 11) is 0. The fourth-order valence-corrected chi connectivity index (χ4v) is 3.24. The normalized spacial score (nSPS) is 16.8. The van der Waals surface area contributed by atoms with E-state index in [-0.39, 0.29) is 30.0 Å². The Labute approximate surface area is 178 Å². The molecule has 0 aromatic carbocycles. The number of hydrogen-bond acceptors (Lipinski definition) is 7. The van der Waals surface area contributed by atoms with Crippen LogP contribution in [0, 0.1) is 20.8 Å². The lowest BCUT2D eigenvalue weighted by Crippen LogP contribution is -2.17. The maximum atomic E-state index is 12.5. The summed E-state index contributed by atoms with van der Waals surface area (Å²) in [5.41, 5.74) is 2.49. The van der Waals surface area contributed by atoms with Crippen molar-refractivity contribution in [3.8, 4) is 0 Å². The van der Waals surface area contributed by atoms with Gasteiger partial charge < -0.3 is 14.7 Å². The Bertz CT molecular complexity index is 1130. The number of allylic oxidation sites excluding steroid dienone is 3. The molecule has 3 N–H and O–H groups in total. The number of aliphatic hydroxyl groups is 1. The summed E-state index contributed by atoms with van der Waals surface area (Å²) in [6.45, 7) is 5.59. The first-order chi connectivity index (χ1) is 14.8. The molecule has 0 amide bonds. The molecule has 0 saturated carbocycles. The van der Waals surface area contributed by atoms with Crippen molar-refractivity contribution in [1.82, 2.24) is 14.9 Å². The molecule has 2 heterocycles. The average molecular weight is 427 g/mol. The van der Waals surface area contributed by atoms with Gasteiger partial charge in [-0.3, -0.25) is 19.4 Å². The minimum absolute atomic E-state index is 0.0291. The average Bonchev–Trinajstić information content (AvgIpc) is 3.18. The maximum absolute atomic E-state index is 12.5. The van der Waals surface area contributed by atoms with Crippen LogP contribution in [0.3, 0.4) is 0 Å². The molecule has 1 aliphatic rings. The van der Waals surface area contributed by atoms with Crippen LogP contribution in [0.2, 0.25) is 0 Å². The molecule has 0 saturated heterocycles. The molecular formula is C21H25N5O5. The van der Waals surface area contributed by atoms with Crippen LogP contribution in [0.5, 0.6) is 0 Å². The van der Waals surface area contributed by atoms with Crippen molar-refractivity contribution in [1.29, 1.82) is 0 Å². The summed E-state index contributed by atoms with van der Waals surface area (Å²) in [4.78, 5) is 23.1. The van der Waals surface area contributed by atoms with Crippen molar-refractivity contribution in [2.24, 2.45) is 10.2 Å². The number of aliphatic hydroxyl groups excluding tert-OH is 1. The van der Waals surface area contributed by atoms with Crippen LogP contribution in [0.25, 0.3) is 6.08 Å². The summed E-state index contributed by atoms with van der Waals surface area (Å²) in [6, 6.07) is -0.608. The highest BCUT2D eigenvalue weighted by Crippen LogP contribution is 2.24. The van der Waals surface area contributed by atoms with Gasteiger partial charge in [0.25, 0.3) is 5.56 Å². The van der Waals surface area contributed by atoms with E-state index >= 15 is 0 Å². The number of aromatic nitrogens is 3. The number of carboxylic acids is 1. The van der Waals surface area contributed by atoms with E-state index in [1.807, 2.05) is 26.0 Å². The number of aryl methyl sites for hydroxylation is 4. The summed E-state index contributed by atoms with van der Waals surface area (Å²) in [5, 5.41) is 34.4. The minimum Gasteiger partial charge on any atom is -0.509 e. The monoisotopic (exact) mass is 427 g/mol. The van der Waals surface area contributed by atoms with E-state index in [0.29, 0.717) is 29.9 Å². The fraction of sp³-hybridized carbons (Fsp3) is 0.381. The van der Waals surface area contributed by atoms with Crippen molar-refractivity contribution in [2.75, 3.05) is 0 Å². The number of carboxylic acid groups (broad SMARTS) is 1. The van der Waals surface area contributed by atoms with E-state index in [1.165, 1.54) is 4.68 Å². The first-order valence-corrected chi connectivity index (χ1v) is 9.90. The minimum atomic E-state index is -0.914. The molecule has 0 aliphatic heterocycles. The summed E-state index contributed by atoms with van der Waals surface area (Å²) >= 11 is 0. The number of aromatic amines is 1. The number of H-pyrrole nitrogens is 1. The van der Waals surface area contributed by atoms with Gasteiger partial charge in [0.05, 0.1) is 11.4 Å². The molecule has 1 aliphatic carbocycles. The molecule has 0 bridgehead atoms. The highest BCUT2D eigenvalue weighted by Gasteiger charge is 2.19. The molecule has 3 rings (SSSR count). The Balaban J connectivity index is 1.76. The first kappa shape index (κ1) is 22.0. The molecular weight excluding hydrogens is 402 g/mol. The topological polar surface area (TPSA) is 146 Å². The Morgan fingerprint density at radius 3 is 2.84 bits per heavy atom. The third-order valence-corrected chi connectivity index (χ3v) is 4.96. The molecule has 2 aromatic rings. The number of aliphatic carboxylic acids is 1. The molecule has 1 unspecified atom stereocenters. The number of hydrogen-bond donors (Lipinski definition) is 3. The number of azo groups is 1. The van der Waals surface area contributed by atoms with E-state index < -0.39 is 12.0 Å². The van der Waals surface area contributed by atoms with Gasteiger partial charge in [0.2, 0.25) is 0 Å². The summed E-state index contributed by atoms with van der Waals surface area (Å²) < 4.78 is 6.46. The van der Waals surface area contributed by atoms with Crippen LogP contribution in [0.1, 0.15) is 42.0 Å². The standard InChI is InChI=1S/C21H25N5O5/c1-12-16(14(3)31-25-12)10-9-15-6-4-7-17(20(15)29)22-23-19-13(2)24-26(21(19)30)11-5-8-18(27)28/h4,6,9-10,17,24,29H,5,7-8,11H2,1-3H3,(H,27,28)/b10-9+,23-22?. The predicted molar refractivity (Wildman–Crippen MR) is 113 cm³/mol. The Morgan fingerprint density at radius 1 is 1.39 bits per heavy atom. The highest BCUT2D eigenvalue weighted by atomic mass is 16.5. The first-order valence-electron chi connectivity index (χ1n) is 9.90. The van der Waals surface area contributed by atoms with Crippen LogP contribution in [0.4, 0.5) is 5.69 Å². The maximum Gasteiger partial charge on any atom is 0.303 e. The second-order valence-corrected chi connectivity index (χ2v) is 7.32. The van der Waals surface area contributed by atoms with Crippen LogP contribution in [0.15, 0.2) is 49.1 Å². The second kappa shape index (κ2) is 9.41. The van der Waals surface area contributed by atoms with Crippen molar-refractivity contribution >= 4 is 17.7 Å². The zero-order valence-corrected chi connectivity index (χ0v) is 17.6. The van der Waals surface area contributed by atoms with Gasteiger partial charge in [-0.25, -0.2) is 0 Å². The predicted octanol–water partition coefficient (Wildman–Crippen LogP) is 3.89. The Morgan fingerprint density at radius 2 is 2.16 bits per heavy atom. The van der Waals surface area contributed by atoms with Crippen LogP contribution in [-0.4, -0.2) is 37.2 Å². The van der Waals surface area contributed by atoms with Gasteiger partial charge in [0.15, 0.2) is 5.69 Å². The van der Waals surface area contributed by atoms with Crippen molar-refractivity contribution in [3.63, 3.8) is 0 Å². The van der Waals surface area contributed by atoms with Gasteiger partial charge >= 0.3 is 5.97 Å². The number of nitrogens with one attached hydrogen (secondary N) is 1. The number of nitrogens with zero attached hydrogens (tertiary/aromatic N) is 4. The van der Waals surface area contributed by atoms with Crippen LogP contribution in [-0.2, 0) is 11.3 Å². The second-order valence-electron chi connectivity index (χ2n) is 7.32. The molecule has 10 nitrogen and oxygen atoms in total. The van der Waals surface area contributed by atoms with Crippen molar-refractivity contribution < 1.29 is 19.5 Å². The van der Waals surface area contributed by atoms with Crippen LogP contribution < -0.4 is 5.56 Å². The molecule has 0 radical (unpaired) electrons. The SMILES string of the molecule is Cc1noc(C)c1/C=C/C1=C(O)C(N=Nc2c(C)[nH]n(CCCC(=O)O)c2=O)CC=C1. The lowest BCUT2D eigenvalue weighted by molar-refractivity contribution is -0.137.